The number of carbonyl (C=O) groups is 1. The Morgan fingerprint density at radius 1 is 1.21 bits per heavy atom. The maximum absolute atomic E-state index is 12.4. The van der Waals surface area contributed by atoms with Crippen LogP contribution < -0.4 is 10.2 Å². The van der Waals surface area contributed by atoms with E-state index in [2.05, 4.69) is 25.3 Å². The van der Waals surface area contributed by atoms with Crippen molar-refractivity contribution in [3.05, 3.63) is 46.6 Å². The van der Waals surface area contributed by atoms with E-state index in [-0.39, 0.29) is 6.03 Å². The Morgan fingerprint density at radius 2 is 2.07 bits per heavy atom. The van der Waals surface area contributed by atoms with Crippen molar-refractivity contribution in [2.24, 2.45) is 0 Å². The Labute approximate surface area is 172 Å². The molecular formula is C20H22N6O2S. The summed E-state index contributed by atoms with van der Waals surface area (Å²) in [5.41, 5.74) is 0.857. The van der Waals surface area contributed by atoms with E-state index in [4.69, 9.17) is 4.52 Å². The SMILES string of the molecule is O=C(NCc1cccs1)N1CCN(c2ccc(-c3noc(C4CC4)n3)cn2)CC1. The van der Waals surface area contributed by atoms with Crippen LogP contribution in [0, 0.1) is 0 Å². The third kappa shape index (κ3) is 4.09. The van der Waals surface area contributed by atoms with E-state index in [1.165, 1.54) is 0 Å². The summed E-state index contributed by atoms with van der Waals surface area (Å²) in [6.45, 7) is 3.45. The number of pyridine rings is 1. The van der Waals surface area contributed by atoms with E-state index < -0.39 is 0 Å². The van der Waals surface area contributed by atoms with E-state index in [9.17, 15) is 4.79 Å². The zero-order chi connectivity index (χ0) is 19.6. The maximum atomic E-state index is 12.4. The molecule has 9 heteroatoms. The van der Waals surface area contributed by atoms with Crippen molar-refractivity contribution in [1.29, 1.82) is 0 Å². The lowest BCUT2D eigenvalue weighted by Gasteiger charge is -2.35. The van der Waals surface area contributed by atoms with Crippen LogP contribution in [0.4, 0.5) is 10.6 Å². The molecular weight excluding hydrogens is 388 g/mol. The molecule has 2 aliphatic rings. The molecule has 29 heavy (non-hydrogen) atoms. The molecule has 0 atom stereocenters. The molecule has 0 radical (unpaired) electrons. The van der Waals surface area contributed by atoms with Crippen LogP contribution in [0.2, 0.25) is 0 Å². The van der Waals surface area contributed by atoms with Gasteiger partial charge in [0.25, 0.3) is 0 Å². The fourth-order valence-electron chi connectivity index (χ4n) is 3.38. The highest BCUT2D eigenvalue weighted by Crippen LogP contribution is 2.39. The van der Waals surface area contributed by atoms with Gasteiger partial charge in [-0.25, -0.2) is 9.78 Å². The zero-order valence-corrected chi connectivity index (χ0v) is 16.8. The summed E-state index contributed by atoms with van der Waals surface area (Å²) in [4.78, 5) is 26.6. The van der Waals surface area contributed by atoms with E-state index >= 15 is 0 Å². The largest absolute Gasteiger partial charge is 0.353 e. The van der Waals surface area contributed by atoms with Crippen molar-refractivity contribution in [3.8, 4) is 11.4 Å². The van der Waals surface area contributed by atoms with Gasteiger partial charge in [0.1, 0.15) is 5.82 Å². The molecule has 0 aromatic carbocycles. The first-order valence-electron chi connectivity index (χ1n) is 9.86. The average molecular weight is 411 g/mol. The molecule has 3 aromatic rings. The van der Waals surface area contributed by atoms with Crippen LogP contribution in [0.1, 0.15) is 29.5 Å². The number of piperazine rings is 1. The van der Waals surface area contributed by atoms with Gasteiger partial charge in [0.2, 0.25) is 11.7 Å². The van der Waals surface area contributed by atoms with Gasteiger partial charge in [-0.3, -0.25) is 0 Å². The predicted molar refractivity (Wildman–Crippen MR) is 110 cm³/mol. The molecule has 0 unspecified atom stereocenters. The van der Waals surface area contributed by atoms with E-state index in [1.54, 1.807) is 17.5 Å². The first-order chi connectivity index (χ1) is 14.3. The number of thiophene rings is 1. The molecule has 1 aliphatic heterocycles. The molecule has 1 N–H and O–H groups in total. The Kier molecular flexibility index (Phi) is 4.89. The van der Waals surface area contributed by atoms with Crippen LogP contribution in [-0.2, 0) is 6.54 Å². The highest BCUT2D eigenvalue weighted by molar-refractivity contribution is 7.09. The summed E-state index contributed by atoms with van der Waals surface area (Å²) < 4.78 is 5.33. The molecule has 2 fully saturated rings. The van der Waals surface area contributed by atoms with Gasteiger partial charge >= 0.3 is 6.03 Å². The molecule has 4 heterocycles. The summed E-state index contributed by atoms with van der Waals surface area (Å²) in [7, 11) is 0. The fraction of sp³-hybridized carbons (Fsp3) is 0.400. The van der Waals surface area contributed by atoms with Gasteiger partial charge in [0, 0.05) is 48.7 Å². The van der Waals surface area contributed by atoms with Crippen molar-refractivity contribution >= 4 is 23.2 Å². The lowest BCUT2D eigenvalue weighted by atomic mass is 10.2. The number of amides is 2. The lowest BCUT2D eigenvalue weighted by molar-refractivity contribution is 0.194. The number of nitrogens with one attached hydrogen (secondary N) is 1. The van der Waals surface area contributed by atoms with Crippen molar-refractivity contribution in [2.45, 2.75) is 25.3 Å². The van der Waals surface area contributed by atoms with Crippen LogP contribution in [0.3, 0.4) is 0 Å². The summed E-state index contributed by atoms with van der Waals surface area (Å²) in [5, 5.41) is 9.07. The summed E-state index contributed by atoms with van der Waals surface area (Å²) in [5.74, 6) is 2.68. The Balaban J connectivity index is 1.14. The number of nitrogens with zero attached hydrogens (tertiary/aromatic N) is 5. The third-order valence-corrected chi connectivity index (χ3v) is 6.14. The number of hydrogen-bond acceptors (Lipinski definition) is 7. The van der Waals surface area contributed by atoms with E-state index in [0.717, 1.165) is 48.1 Å². The summed E-state index contributed by atoms with van der Waals surface area (Å²) >= 11 is 1.65. The highest BCUT2D eigenvalue weighted by atomic mass is 32.1. The van der Waals surface area contributed by atoms with Gasteiger partial charge in [0.05, 0.1) is 6.54 Å². The maximum Gasteiger partial charge on any atom is 0.317 e. The predicted octanol–water partition coefficient (Wildman–Crippen LogP) is 3.10. The van der Waals surface area contributed by atoms with Crippen molar-refractivity contribution < 1.29 is 9.32 Å². The Morgan fingerprint density at radius 3 is 2.76 bits per heavy atom. The molecule has 0 spiro atoms. The average Bonchev–Trinajstić information content (AvgIpc) is 3.27. The number of aromatic nitrogens is 3. The smallest absolute Gasteiger partial charge is 0.317 e. The highest BCUT2D eigenvalue weighted by Gasteiger charge is 2.30. The first kappa shape index (κ1) is 18.1. The summed E-state index contributed by atoms with van der Waals surface area (Å²) in [6.07, 6.45) is 4.06. The molecule has 1 saturated heterocycles. The third-order valence-electron chi connectivity index (χ3n) is 5.26. The summed E-state index contributed by atoms with van der Waals surface area (Å²) in [6, 6.07) is 7.97. The molecule has 1 aliphatic carbocycles. The number of anilines is 1. The van der Waals surface area contributed by atoms with Crippen molar-refractivity contribution in [3.63, 3.8) is 0 Å². The molecule has 2 amide bonds. The second-order valence-electron chi connectivity index (χ2n) is 7.35. The zero-order valence-electron chi connectivity index (χ0n) is 16.0. The molecule has 5 rings (SSSR count). The fourth-order valence-corrected chi connectivity index (χ4v) is 4.02. The van der Waals surface area contributed by atoms with Crippen LogP contribution in [0.15, 0.2) is 40.4 Å². The topological polar surface area (TPSA) is 87.4 Å². The second kappa shape index (κ2) is 7.82. The molecule has 1 saturated carbocycles. The Bertz CT molecular complexity index is 959. The monoisotopic (exact) mass is 410 g/mol. The molecule has 150 valence electrons. The van der Waals surface area contributed by atoms with Gasteiger partial charge < -0.3 is 19.6 Å². The van der Waals surface area contributed by atoms with E-state index in [1.807, 2.05) is 34.5 Å². The van der Waals surface area contributed by atoms with Crippen LogP contribution in [0.25, 0.3) is 11.4 Å². The quantitative estimate of drug-likeness (QED) is 0.695. The van der Waals surface area contributed by atoms with Gasteiger partial charge in [0.15, 0.2) is 0 Å². The van der Waals surface area contributed by atoms with Crippen molar-refractivity contribution in [2.75, 3.05) is 31.1 Å². The van der Waals surface area contributed by atoms with Crippen LogP contribution in [0.5, 0.6) is 0 Å². The molecule has 8 nitrogen and oxygen atoms in total. The minimum atomic E-state index is -0.00932. The second-order valence-corrected chi connectivity index (χ2v) is 8.38. The van der Waals surface area contributed by atoms with Crippen LogP contribution >= 0.6 is 11.3 Å². The normalized spacial score (nSPS) is 16.8. The Hall–Kier alpha value is -2.94. The van der Waals surface area contributed by atoms with Crippen LogP contribution in [-0.4, -0.2) is 52.2 Å². The molecule has 0 bridgehead atoms. The molecule has 3 aromatic heterocycles. The minimum absolute atomic E-state index is 0.00932. The minimum Gasteiger partial charge on any atom is -0.353 e. The number of carbonyl (C=O) groups excluding carboxylic acids is 1. The van der Waals surface area contributed by atoms with E-state index in [0.29, 0.717) is 31.4 Å². The van der Waals surface area contributed by atoms with Gasteiger partial charge in [-0.05, 0) is 36.4 Å². The lowest BCUT2D eigenvalue weighted by Crippen LogP contribution is -2.51. The van der Waals surface area contributed by atoms with Gasteiger partial charge in [-0.15, -0.1) is 11.3 Å². The number of urea groups is 1. The standard InChI is InChI=1S/C20H22N6O2S/c27-20(22-13-16-2-1-11-29-16)26-9-7-25(8-10-26)17-6-5-15(12-21-17)18-23-19(28-24-18)14-3-4-14/h1-2,5-6,11-12,14H,3-4,7-10,13H2,(H,22,27). The van der Waals surface area contributed by atoms with Gasteiger partial charge in [-0.1, -0.05) is 11.2 Å². The first-order valence-corrected chi connectivity index (χ1v) is 10.7. The number of rotatable bonds is 5. The number of hydrogen-bond donors (Lipinski definition) is 1. The van der Waals surface area contributed by atoms with Gasteiger partial charge in [-0.2, -0.15) is 4.98 Å². The van der Waals surface area contributed by atoms with Crippen molar-refractivity contribution in [1.82, 2.24) is 25.3 Å².